The molecule has 0 saturated carbocycles. The molecule has 3 nitrogen and oxygen atoms in total. The molecular formula is C61H42N2O. The van der Waals surface area contributed by atoms with Crippen LogP contribution < -0.4 is 9.80 Å². The highest BCUT2D eigenvalue weighted by atomic mass is 16.3. The third kappa shape index (κ3) is 6.13. The zero-order chi connectivity index (χ0) is 42.5. The van der Waals surface area contributed by atoms with Gasteiger partial charge in [-0.2, -0.15) is 0 Å². The van der Waals surface area contributed by atoms with Crippen molar-refractivity contribution in [3.63, 3.8) is 0 Å². The van der Waals surface area contributed by atoms with Crippen LogP contribution in [-0.2, 0) is 5.41 Å². The standard InChI is InChI=1S/C61H42N2O/c1-4-18-43(19-5-1)44-34-36-48(37-35-44)63(52-38-39-56-55-30-12-15-33-59(55)64-60(56)42-52)51-27-17-26-50(41-51)62(47-23-8-3-9-24-47)49-25-16-22-46(40-49)61(45-20-6-2-7-21-45)57-31-13-10-28-53(57)54-29-11-14-32-58(54)61/h1-42H. The van der Waals surface area contributed by atoms with E-state index in [-0.39, 0.29) is 0 Å². The summed E-state index contributed by atoms with van der Waals surface area (Å²) in [6.45, 7) is 0. The normalized spacial score (nSPS) is 12.5. The van der Waals surface area contributed by atoms with Crippen molar-refractivity contribution in [2.45, 2.75) is 5.41 Å². The first-order valence-electron chi connectivity index (χ1n) is 21.9. The molecule has 0 bridgehead atoms. The van der Waals surface area contributed by atoms with Gasteiger partial charge >= 0.3 is 0 Å². The lowest BCUT2D eigenvalue weighted by Crippen LogP contribution is -2.28. The summed E-state index contributed by atoms with van der Waals surface area (Å²) in [7, 11) is 0. The van der Waals surface area contributed by atoms with Crippen LogP contribution in [0.4, 0.5) is 34.1 Å². The Bertz CT molecular complexity index is 3400. The first-order valence-corrected chi connectivity index (χ1v) is 21.9. The van der Waals surface area contributed by atoms with Crippen LogP contribution in [0.25, 0.3) is 44.2 Å². The first kappa shape index (κ1) is 37.4. The van der Waals surface area contributed by atoms with Gasteiger partial charge in [-0.25, -0.2) is 0 Å². The SMILES string of the molecule is c1ccc(-c2ccc(N(c3cccc(N(c4ccccc4)c4cccc(C5(c6ccccc6)c6ccccc6-c6ccccc65)c4)c3)c3ccc4c(c3)oc3ccccc34)cc2)cc1. The molecule has 1 aliphatic rings. The van der Waals surface area contributed by atoms with Crippen LogP contribution in [0.15, 0.2) is 259 Å². The van der Waals surface area contributed by atoms with E-state index >= 15 is 0 Å². The van der Waals surface area contributed by atoms with Gasteiger partial charge in [-0.15, -0.1) is 0 Å². The van der Waals surface area contributed by atoms with Crippen LogP contribution in [0.5, 0.6) is 0 Å². The van der Waals surface area contributed by atoms with Crippen LogP contribution >= 0.6 is 0 Å². The molecule has 0 radical (unpaired) electrons. The average Bonchev–Trinajstić information content (AvgIpc) is 3.89. The van der Waals surface area contributed by atoms with E-state index in [1.807, 2.05) is 12.1 Å². The van der Waals surface area contributed by atoms with Crippen molar-refractivity contribution in [1.82, 2.24) is 0 Å². The zero-order valence-electron chi connectivity index (χ0n) is 35.1. The highest BCUT2D eigenvalue weighted by molar-refractivity contribution is 6.06. The summed E-state index contributed by atoms with van der Waals surface area (Å²) >= 11 is 0. The van der Waals surface area contributed by atoms with Crippen LogP contribution in [0.3, 0.4) is 0 Å². The van der Waals surface area contributed by atoms with Gasteiger partial charge in [0.1, 0.15) is 11.2 Å². The number of nitrogens with zero attached hydrogens (tertiary/aromatic N) is 2. The molecule has 0 aliphatic heterocycles. The average molecular weight is 819 g/mol. The molecule has 10 aromatic carbocycles. The molecule has 0 amide bonds. The molecule has 64 heavy (non-hydrogen) atoms. The molecule has 0 atom stereocenters. The second kappa shape index (κ2) is 15.5. The quantitative estimate of drug-likeness (QED) is 0.145. The van der Waals surface area contributed by atoms with Crippen LogP contribution in [0, 0.1) is 0 Å². The summed E-state index contributed by atoms with van der Waals surface area (Å²) in [5.74, 6) is 0. The highest BCUT2D eigenvalue weighted by Crippen LogP contribution is 2.56. The van der Waals surface area contributed by atoms with Gasteiger partial charge in [0.05, 0.1) is 5.41 Å². The summed E-state index contributed by atoms with van der Waals surface area (Å²) in [4.78, 5) is 4.72. The molecule has 11 aromatic rings. The summed E-state index contributed by atoms with van der Waals surface area (Å²) in [5, 5.41) is 2.22. The molecule has 1 heterocycles. The maximum atomic E-state index is 6.47. The minimum atomic E-state index is -0.521. The molecular weight excluding hydrogens is 777 g/mol. The van der Waals surface area contributed by atoms with E-state index in [9.17, 15) is 0 Å². The smallest absolute Gasteiger partial charge is 0.137 e. The molecule has 0 saturated heterocycles. The van der Waals surface area contributed by atoms with E-state index in [0.717, 1.165) is 56.1 Å². The topological polar surface area (TPSA) is 19.6 Å². The fraction of sp³-hybridized carbons (Fsp3) is 0.0164. The molecule has 0 spiro atoms. The minimum Gasteiger partial charge on any atom is -0.456 e. The molecule has 3 heteroatoms. The van der Waals surface area contributed by atoms with Crippen molar-refractivity contribution in [2.24, 2.45) is 0 Å². The monoisotopic (exact) mass is 818 g/mol. The predicted molar refractivity (Wildman–Crippen MR) is 266 cm³/mol. The largest absolute Gasteiger partial charge is 0.456 e. The van der Waals surface area contributed by atoms with Crippen molar-refractivity contribution in [1.29, 1.82) is 0 Å². The van der Waals surface area contributed by atoms with E-state index in [1.54, 1.807) is 0 Å². The number of hydrogen-bond acceptors (Lipinski definition) is 3. The van der Waals surface area contributed by atoms with Gasteiger partial charge in [0.15, 0.2) is 0 Å². The Hall–Kier alpha value is -8.40. The maximum Gasteiger partial charge on any atom is 0.137 e. The molecule has 0 N–H and O–H groups in total. The van der Waals surface area contributed by atoms with E-state index in [1.165, 1.54) is 44.5 Å². The van der Waals surface area contributed by atoms with Gasteiger partial charge in [0.2, 0.25) is 0 Å². The van der Waals surface area contributed by atoms with Gasteiger partial charge in [0.25, 0.3) is 0 Å². The van der Waals surface area contributed by atoms with E-state index in [4.69, 9.17) is 4.42 Å². The van der Waals surface area contributed by atoms with Crippen molar-refractivity contribution < 1.29 is 4.42 Å². The summed E-state index contributed by atoms with van der Waals surface area (Å²) < 4.78 is 6.47. The number of para-hydroxylation sites is 2. The maximum absolute atomic E-state index is 6.47. The third-order valence-electron chi connectivity index (χ3n) is 12.9. The van der Waals surface area contributed by atoms with Gasteiger partial charge in [-0.1, -0.05) is 176 Å². The number of hydrogen-bond donors (Lipinski definition) is 0. The van der Waals surface area contributed by atoms with Crippen LogP contribution in [0.1, 0.15) is 22.3 Å². The van der Waals surface area contributed by atoms with Crippen molar-refractivity contribution >= 4 is 56.1 Å². The predicted octanol–water partition coefficient (Wildman–Crippen LogP) is 16.6. The Kier molecular flexibility index (Phi) is 9.05. The summed E-state index contributed by atoms with van der Waals surface area (Å²) in [5.41, 5.74) is 17.4. The second-order valence-corrected chi connectivity index (χ2v) is 16.5. The number of rotatable bonds is 9. The lowest BCUT2D eigenvalue weighted by atomic mass is 9.67. The summed E-state index contributed by atoms with van der Waals surface area (Å²) in [6.07, 6.45) is 0. The lowest BCUT2D eigenvalue weighted by Gasteiger charge is -2.35. The zero-order valence-corrected chi connectivity index (χ0v) is 35.1. The first-order chi connectivity index (χ1) is 31.7. The Labute approximate surface area is 373 Å². The Morgan fingerprint density at radius 1 is 0.281 bits per heavy atom. The molecule has 1 aromatic heterocycles. The van der Waals surface area contributed by atoms with Gasteiger partial charge in [-0.05, 0) is 117 Å². The van der Waals surface area contributed by atoms with Gasteiger partial charge < -0.3 is 14.2 Å². The summed E-state index contributed by atoms with van der Waals surface area (Å²) in [6, 6.07) is 91.9. The van der Waals surface area contributed by atoms with Gasteiger partial charge in [0, 0.05) is 51.0 Å². The number of fused-ring (bicyclic) bond motifs is 6. The third-order valence-corrected chi connectivity index (χ3v) is 12.9. The van der Waals surface area contributed by atoms with Crippen molar-refractivity contribution in [3.05, 3.63) is 277 Å². The fourth-order valence-corrected chi connectivity index (χ4v) is 10.1. The number of anilines is 6. The van der Waals surface area contributed by atoms with Crippen LogP contribution in [-0.4, -0.2) is 0 Å². The second-order valence-electron chi connectivity index (χ2n) is 16.5. The Morgan fingerprint density at radius 2 is 0.734 bits per heavy atom. The highest BCUT2D eigenvalue weighted by Gasteiger charge is 2.46. The minimum absolute atomic E-state index is 0.521. The lowest BCUT2D eigenvalue weighted by molar-refractivity contribution is 0.669. The van der Waals surface area contributed by atoms with Gasteiger partial charge in [-0.3, -0.25) is 0 Å². The Morgan fingerprint density at radius 3 is 1.42 bits per heavy atom. The van der Waals surface area contributed by atoms with E-state index in [2.05, 4.69) is 252 Å². The van der Waals surface area contributed by atoms with Crippen molar-refractivity contribution in [2.75, 3.05) is 9.80 Å². The Balaban J connectivity index is 1.03. The van der Waals surface area contributed by atoms with E-state index < -0.39 is 5.41 Å². The van der Waals surface area contributed by atoms with Crippen LogP contribution in [0.2, 0.25) is 0 Å². The number of benzene rings is 10. The molecule has 12 rings (SSSR count). The molecule has 0 unspecified atom stereocenters. The molecule has 1 aliphatic carbocycles. The molecule has 0 fully saturated rings. The van der Waals surface area contributed by atoms with Crippen molar-refractivity contribution in [3.8, 4) is 22.3 Å². The fourth-order valence-electron chi connectivity index (χ4n) is 10.1. The molecule has 302 valence electrons. The van der Waals surface area contributed by atoms with E-state index in [0.29, 0.717) is 0 Å². The number of furan rings is 1.